The molecule has 0 spiro atoms. The van der Waals surface area contributed by atoms with Crippen LogP contribution < -0.4 is 5.32 Å². The highest BCUT2D eigenvalue weighted by atomic mass is 35.5. The van der Waals surface area contributed by atoms with Crippen LogP contribution in [0, 0.1) is 0 Å². The summed E-state index contributed by atoms with van der Waals surface area (Å²) < 4.78 is 0. The molecule has 1 N–H and O–H groups in total. The Balaban J connectivity index is 2.22. The molecule has 0 saturated carbocycles. The topological polar surface area (TPSA) is 50.2 Å². The van der Waals surface area contributed by atoms with E-state index in [-0.39, 0.29) is 0 Å². The van der Waals surface area contributed by atoms with Gasteiger partial charge in [0.1, 0.15) is 5.17 Å². The molecule has 2 rings (SSSR count). The van der Waals surface area contributed by atoms with Gasteiger partial charge in [0.2, 0.25) is 5.95 Å². The van der Waals surface area contributed by atoms with E-state index in [9.17, 15) is 0 Å². The second-order valence-corrected chi connectivity index (χ2v) is 5.32. The van der Waals surface area contributed by atoms with Gasteiger partial charge in [0.05, 0.1) is 12.2 Å². The molecular weight excluding hydrogens is 272 g/mol. The maximum Gasteiger partial charge on any atom is 0.222 e. The third-order valence-corrected chi connectivity index (χ3v) is 3.61. The van der Waals surface area contributed by atoms with Crippen molar-refractivity contribution in [3.05, 3.63) is 23.5 Å². The summed E-state index contributed by atoms with van der Waals surface area (Å²) in [5, 5.41) is 3.54. The lowest BCUT2D eigenvalue weighted by atomic mass is 10.0. The van der Waals surface area contributed by atoms with Gasteiger partial charge in [0.25, 0.3) is 0 Å². The van der Waals surface area contributed by atoms with Gasteiger partial charge in [-0.15, -0.1) is 0 Å². The highest BCUT2D eigenvalue weighted by Crippen LogP contribution is 2.27. The number of halogens is 1. The molecule has 1 aliphatic rings. The summed E-state index contributed by atoms with van der Waals surface area (Å²) in [6.07, 6.45) is 9.68. The van der Waals surface area contributed by atoms with Crippen LogP contribution in [0.2, 0.25) is 0 Å². The highest BCUT2D eigenvalue weighted by Gasteiger charge is 2.15. The Labute approximate surface area is 125 Å². The summed E-state index contributed by atoms with van der Waals surface area (Å²) in [6.45, 7) is 2.77. The number of nitrogens with zero attached hydrogens (tertiary/aromatic N) is 3. The maximum absolute atomic E-state index is 6.13. The number of aliphatic imine (C=N–C) groups is 1. The number of anilines is 1. The molecule has 0 atom stereocenters. The predicted octanol–water partition coefficient (Wildman–Crippen LogP) is 4.02. The lowest BCUT2D eigenvalue weighted by Gasteiger charge is -2.10. The normalized spacial score (nSPS) is 14.2. The van der Waals surface area contributed by atoms with Crippen LogP contribution in [-0.2, 0) is 6.54 Å². The zero-order chi connectivity index (χ0) is 14.4. The van der Waals surface area contributed by atoms with Crippen LogP contribution in [0.3, 0.4) is 0 Å². The molecule has 0 aliphatic carbocycles. The maximum atomic E-state index is 6.13. The molecule has 4 nitrogen and oxygen atoms in total. The van der Waals surface area contributed by atoms with Crippen molar-refractivity contribution in [2.75, 3.05) is 12.4 Å². The van der Waals surface area contributed by atoms with E-state index in [0.717, 1.165) is 24.1 Å². The van der Waals surface area contributed by atoms with E-state index >= 15 is 0 Å². The molecule has 0 aromatic carbocycles. The molecule has 0 bridgehead atoms. The van der Waals surface area contributed by atoms with E-state index < -0.39 is 0 Å². The summed E-state index contributed by atoms with van der Waals surface area (Å²) in [6, 6.07) is 0. The molecule has 5 heteroatoms. The molecule has 1 aromatic heterocycles. The van der Waals surface area contributed by atoms with Crippen molar-refractivity contribution >= 4 is 28.3 Å². The van der Waals surface area contributed by atoms with Gasteiger partial charge in [-0.25, -0.2) is 9.97 Å². The Morgan fingerprint density at radius 2 is 2.15 bits per heavy atom. The van der Waals surface area contributed by atoms with Crippen molar-refractivity contribution in [2.24, 2.45) is 4.99 Å². The second kappa shape index (κ2) is 7.39. The van der Waals surface area contributed by atoms with Crippen molar-refractivity contribution in [3.8, 4) is 0 Å². The van der Waals surface area contributed by atoms with Crippen molar-refractivity contribution in [2.45, 2.75) is 45.6 Å². The largest absolute Gasteiger partial charge is 0.357 e. The van der Waals surface area contributed by atoms with Gasteiger partial charge < -0.3 is 5.32 Å². The van der Waals surface area contributed by atoms with Gasteiger partial charge >= 0.3 is 0 Å². The van der Waals surface area contributed by atoms with Crippen molar-refractivity contribution in [1.29, 1.82) is 0 Å². The first-order valence-corrected chi connectivity index (χ1v) is 7.57. The molecule has 0 fully saturated rings. The van der Waals surface area contributed by atoms with Crippen LogP contribution >= 0.6 is 11.6 Å². The van der Waals surface area contributed by atoms with Crippen LogP contribution in [0.15, 0.2) is 17.3 Å². The predicted molar refractivity (Wildman–Crippen MR) is 85.3 cm³/mol. The van der Waals surface area contributed by atoms with E-state index in [4.69, 9.17) is 11.6 Å². The summed E-state index contributed by atoms with van der Waals surface area (Å²) in [5.41, 5.74) is 3.20. The first-order valence-electron chi connectivity index (χ1n) is 7.19. The third-order valence-electron chi connectivity index (χ3n) is 3.39. The fourth-order valence-corrected chi connectivity index (χ4v) is 2.46. The number of aromatic nitrogens is 2. The standard InChI is InChI=1S/C15H21ClN4/c1-3-4-5-6-7-11-8-13(16)18-9-12-10-19-15(17-2)20-14(11)12/h8,10H,3-7,9H2,1-2H3,(H,17,19,20). The zero-order valence-corrected chi connectivity index (χ0v) is 12.9. The SMILES string of the molecule is CCCCCCC1=CC(Cl)=NCc2cnc(NC)nc21. The van der Waals surface area contributed by atoms with Gasteiger partial charge in [-0.3, -0.25) is 4.99 Å². The number of hydrogen-bond acceptors (Lipinski definition) is 4. The van der Waals surface area contributed by atoms with Crippen LogP contribution in [0.25, 0.3) is 5.57 Å². The van der Waals surface area contributed by atoms with Crippen LogP contribution in [0.1, 0.15) is 50.3 Å². The Bertz CT molecular complexity index is 523. The summed E-state index contributed by atoms with van der Waals surface area (Å²) in [5.74, 6) is 0.640. The Morgan fingerprint density at radius 1 is 1.30 bits per heavy atom. The fourth-order valence-electron chi connectivity index (χ4n) is 2.27. The van der Waals surface area contributed by atoms with Crippen LogP contribution in [0.5, 0.6) is 0 Å². The average molecular weight is 293 g/mol. The molecule has 0 saturated heterocycles. The molecule has 0 radical (unpaired) electrons. The monoisotopic (exact) mass is 292 g/mol. The summed E-state index contributed by atoms with van der Waals surface area (Å²) >= 11 is 6.13. The molecule has 2 heterocycles. The van der Waals surface area contributed by atoms with E-state index in [2.05, 4.69) is 27.2 Å². The van der Waals surface area contributed by atoms with Gasteiger partial charge in [0.15, 0.2) is 0 Å². The van der Waals surface area contributed by atoms with Crippen LogP contribution in [0.4, 0.5) is 5.95 Å². The highest BCUT2D eigenvalue weighted by molar-refractivity contribution is 6.68. The molecule has 1 aromatic rings. The Kier molecular flexibility index (Phi) is 5.53. The number of rotatable bonds is 6. The van der Waals surface area contributed by atoms with E-state index in [0.29, 0.717) is 17.7 Å². The lowest BCUT2D eigenvalue weighted by molar-refractivity contribution is 0.678. The van der Waals surface area contributed by atoms with Crippen molar-refractivity contribution < 1.29 is 0 Å². The van der Waals surface area contributed by atoms with E-state index in [1.165, 1.54) is 24.8 Å². The molecule has 0 amide bonds. The number of unbranched alkanes of at least 4 members (excludes halogenated alkanes) is 3. The number of hydrogen-bond donors (Lipinski definition) is 1. The number of allylic oxidation sites excluding steroid dienone is 2. The minimum Gasteiger partial charge on any atom is -0.357 e. The first kappa shape index (κ1) is 15.0. The third kappa shape index (κ3) is 3.79. The first-order chi connectivity index (χ1) is 9.74. The van der Waals surface area contributed by atoms with Crippen LogP contribution in [-0.4, -0.2) is 22.2 Å². The van der Waals surface area contributed by atoms with Gasteiger partial charge in [-0.05, 0) is 24.5 Å². The Morgan fingerprint density at radius 3 is 2.90 bits per heavy atom. The van der Waals surface area contributed by atoms with Gasteiger partial charge in [0, 0.05) is 18.8 Å². The number of nitrogens with one attached hydrogen (secondary N) is 1. The van der Waals surface area contributed by atoms with Gasteiger partial charge in [-0.2, -0.15) is 0 Å². The minimum absolute atomic E-state index is 0.549. The summed E-state index contributed by atoms with van der Waals surface area (Å²) in [4.78, 5) is 13.2. The minimum atomic E-state index is 0.549. The van der Waals surface area contributed by atoms with Crippen molar-refractivity contribution in [1.82, 2.24) is 9.97 Å². The van der Waals surface area contributed by atoms with E-state index in [1.54, 1.807) is 0 Å². The zero-order valence-electron chi connectivity index (χ0n) is 12.1. The van der Waals surface area contributed by atoms with Crippen molar-refractivity contribution in [3.63, 3.8) is 0 Å². The van der Waals surface area contributed by atoms with Gasteiger partial charge in [-0.1, -0.05) is 37.8 Å². The molecular formula is C15H21ClN4. The quantitative estimate of drug-likeness (QED) is 0.806. The number of fused-ring (bicyclic) bond motifs is 1. The van der Waals surface area contributed by atoms with E-state index in [1.807, 2.05) is 19.3 Å². The smallest absolute Gasteiger partial charge is 0.222 e. The fraction of sp³-hybridized carbons (Fsp3) is 0.533. The summed E-state index contributed by atoms with van der Waals surface area (Å²) in [7, 11) is 1.83. The molecule has 1 aliphatic heterocycles. The lowest BCUT2D eigenvalue weighted by Crippen LogP contribution is -2.03. The average Bonchev–Trinajstić information content (AvgIpc) is 2.63. The second-order valence-electron chi connectivity index (χ2n) is 4.94. The molecule has 108 valence electrons. The Hall–Kier alpha value is -1.42. The molecule has 0 unspecified atom stereocenters. The molecule has 20 heavy (non-hydrogen) atoms.